The van der Waals surface area contributed by atoms with Crippen LogP contribution in [0.1, 0.15) is 34.1 Å². The number of hydrogen-bond acceptors (Lipinski definition) is 6. The summed E-state index contributed by atoms with van der Waals surface area (Å²) in [6.07, 6.45) is 0.338. The molecule has 1 N–H and O–H groups in total. The van der Waals surface area contributed by atoms with E-state index in [1.54, 1.807) is 13.8 Å². The number of hydrogen-bond donors (Lipinski definition) is 1. The van der Waals surface area contributed by atoms with Crippen LogP contribution in [0.5, 0.6) is 5.75 Å². The van der Waals surface area contributed by atoms with E-state index in [0.29, 0.717) is 17.7 Å². The third kappa shape index (κ3) is 4.81. The number of hydrazine groups is 1. The van der Waals surface area contributed by atoms with Crippen molar-refractivity contribution < 1.29 is 19.1 Å². The van der Waals surface area contributed by atoms with E-state index in [1.807, 2.05) is 32.0 Å². The number of ether oxygens (including phenoxy) is 1. The molecule has 8 nitrogen and oxygen atoms in total. The lowest BCUT2D eigenvalue weighted by atomic mass is 10.2. The van der Waals surface area contributed by atoms with Gasteiger partial charge in [-0.15, -0.1) is 0 Å². The van der Waals surface area contributed by atoms with Crippen molar-refractivity contribution in [3.8, 4) is 5.75 Å². The molecule has 0 aromatic heterocycles. The van der Waals surface area contributed by atoms with Gasteiger partial charge in [-0.1, -0.05) is 12.1 Å². The quantitative estimate of drug-likeness (QED) is 0.685. The monoisotopic (exact) mass is 414 g/mol. The normalized spacial score (nSPS) is 17.9. The third-order valence-corrected chi connectivity index (χ3v) is 5.44. The highest BCUT2D eigenvalue weighted by molar-refractivity contribution is 6.19. The summed E-state index contributed by atoms with van der Waals surface area (Å²) < 4.78 is 5.93. The van der Waals surface area contributed by atoms with Gasteiger partial charge in [-0.25, -0.2) is 0 Å². The maximum Gasteiger partial charge on any atom is 0.275 e. The summed E-state index contributed by atoms with van der Waals surface area (Å²) >= 11 is 0. The van der Waals surface area contributed by atoms with Crippen LogP contribution in [0.2, 0.25) is 0 Å². The molecule has 0 unspecified atom stereocenters. The average molecular weight is 415 g/mol. The molecule has 2 heterocycles. The fourth-order valence-corrected chi connectivity index (χ4v) is 3.57. The van der Waals surface area contributed by atoms with E-state index in [-0.39, 0.29) is 18.4 Å². The summed E-state index contributed by atoms with van der Waals surface area (Å²) in [5.74, 6) is -0.361. The molecule has 1 aromatic rings. The molecule has 1 aromatic carbocycles. The van der Waals surface area contributed by atoms with E-state index in [2.05, 4.69) is 21.3 Å². The molecular weight excluding hydrogens is 384 g/mol. The Morgan fingerprint density at radius 2 is 1.63 bits per heavy atom. The number of carbonyl (C=O) groups is 3. The first-order valence-corrected chi connectivity index (χ1v) is 10.4. The van der Waals surface area contributed by atoms with Gasteiger partial charge in [0, 0.05) is 50.3 Å². The molecule has 3 rings (SSSR count). The van der Waals surface area contributed by atoms with Crippen LogP contribution >= 0.6 is 0 Å². The summed E-state index contributed by atoms with van der Waals surface area (Å²) in [5.41, 5.74) is 4.28. The Kier molecular flexibility index (Phi) is 6.77. The Hall–Kier alpha value is -2.87. The SMILES string of the molecule is CC1=C(C)C(=O)N(NC(=O)CCN2CCN(c3ccccc3OC(C)C)CC2)C1=O. The van der Waals surface area contributed by atoms with Gasteiger partial charge in [0.25, 0.3) is 11.8 Å². The number of nitrogens with one attached hydrogen (secondary N) is 1. The zero-order chi connectivity index (χ0) is 21.8. The molecule has 1 fully saturated rings. The lowest BCUT2D eigenvalue weighted by Crippen LogP contribution is -2.49. The van der Waals surface area contributed by atoms with E-state index >= 15 is 0 Å². The molecular formula is C22H30N4O4. The van der Waals surface area contributed by atoms with Gasteiger partial charge < -0.3 is 9.64 Å². The second-order valence-corrected chi connectivity index (χ2v) is 7.94. The van der Waals surface area contributed by atoms with Crippen LogP contribution in [-0.2, 0) is 14.4 Å². The van der Waals surface area contributed by atoms with Crippen molar-refractivity contribution in [2.45, 2.75) is 40.2 Å². The minimum atomic E-state index is -0.457. The highest BCUT2D eigenvalue weighted by Gasteiger charge is 2.34. The standard InChI is InChI=1S/C22H30N4O4/c1-15(2)30-19-8-6-5-7-18(19)25-13-11-24(12-14-25)10-9-20(27)23-26-21(28)16(3)17(4)22(26)29/h5-8,15H,9-14H2,1-4H3,(H,23,27). The van der Waals surface area contributed by atoms with E-state index in [9.17, 15) is 14.4 Å². The minimum absolute atomic E-state index is 0.114. The third-order valence-electron chi connectivity index (χ3n) is 5.44. The fourth-order valence-electron chi connectivity index (χ4n) is 3.57. The number of para-hydroxylation sites is 2. The molecule has 1 saturated heterocycles. The van der Waals surface area contributed by atoms with Gasteiger partial charge in [0.05, 0.1) is 11.8 Å². The smallest absolute Gasteiger partial charge is 0.275 e. The summed E-state index contributed by atoms with van der Waals surface area (Å²) in [6.45, 7) is 11.1. The predicted molar refractivity (Wildman–Crippen MR) is 114 cm³/mol. The summed E-state index contributed by atoms with van der Waals surface area (Å²) in [4.78, 5) is 40.8. The number of amides is 3. The molecule has 162 valence electrons. The summed E-state index contributed by atoms with van der Waals surface area (Å²) in [5, 5.41) is 0.816. The fraction of sp³-hybridized carbons (Fsp3) is 0.500. The van der Waals surface area contributed by atoms with Gasteiger partial charge in [-0.3, -0.25) is 24.7 Å². The van der Waals surface area contributed by atoms with Crippen molar-refractivity contribution in [1.29, 1.82) is 0 Å². The average Bonchev–Trinajstić information content (AvgIpc) is 2.90. The molecule has 0 aliphatic carbocycles. The summed E-state index contributed by atoms with van der Waals surface area (Å²) in [6, 6.07) is 8.05. The molecule has 3 amide bonds. The van der Waals surface area contributed by atoms with Gasteiger partial charge in [0.1, 0.15) is 5.75 Å². The lowest BCUT2D eigenvalue weighted by Gasteiger charge is -2.36. The second-order valence-electron chi connectivity index (χ2n) is 7.94. The van der Waals surface area contributed by atoms with Gasteiger partial charge in [0.2, 0.25) is 5.91 Å². The maximum absolute atomic E-state index is 12.2. The molecule has 2 aliphatic rings. The van der Waals surface area contributed by atoms with E-state index < -0.39 is 11.8 Å². The number of benzene rings is 1. The Labute approximate surface area is 177 Å². The molecule has 8 heteroatoms. The van der Waals surface area contributed by atoms with Gasteiger partial charge in [0.15, 0.2) is 0 Å². The minimum Gasteiger partial charge on any atom is -0.489 e. The predicted octanol–water partition coefficient (Wildman–Crippen LogP) is 1.72. The van der Waals surface area contributed by atoms with Gasteiger partial charge >= 0.3 is 0 Å². The molecule has 2 aliphatic heterocycles. The van der Waals surface area contributed by atoms with Crippen LogP contribution in [-0.4, -0.2) is 66.5 Å². The van der Waals surface area contributed by atoms with Crippen molar-refractivity contribution in [1.82, 2.24) is 15.3 Å². The molecule has 0 radical (unpaired) electrons. The molecule has 0 atom stereocenters. The first-order chi connectivity index (χ1) is 14.3. The number of nitrogens with zero attached hydrogens (tertiary/aromatic N) is 3. The van der Waals surface area contributed by atoms with E-state index in [1.165, 1.54) is 0 Å². The van der Waals surface area contributed by atoms with Crippen LogP contribution in [0.3, 0.4) is 0 Å². The molecule has 0 spiro atoms. The number of rotatable bonds is 7. The number of imide groups is 1. The van der Waals surface area contributed by atoms with Crippen LogP contribution in [0.4, 0.5) is 5.69 Å². The second kappa shape index (κ2) is 9.30. The lowest BCUT2D eigenvalue weighted by molar-refractivity contribution is -0.147. The number of piperazine rings is 1. The molecule has 30 heavy (non-hydrogen) atoms. The van der Waals surface area contributed by atoms with Gasteiger partial charge in [-0.2, -0.15) is 5.01 Å². The number of anilines is 1. The largest absolute Gasteiger partial charge is 0.489 e. The van der Waals surface area contributed by atoms with Crippen molar-refractivity contribution >= 4 is 23.4 Å². The van der Waals surface area contributed by atoms with Gasteiger partial charge in [-0.05, 0) is 39.8 Å². The first kappa shape index (κ1) is 21.8. The zero-order valence-electron chi connectivity index (χ0n) is 18.1. The highest BCUT2D eigenvalue weighted by atomic mass is 16.5. The van der Waals surface area contributed by atoms with Crippen molar-refractivity contribution in [2.24, 2.45) is 0 Å². The van der Waals surface area contributed by atoms with Crippen molar-refractivity contribution in [2.75, 3.05) is 37.6 Å². The Morgan fingerprint density at radius 3 is 2.23 bits per heavy atom. The first-order valence-electron chi connectivity index (χ1n) is 10.4. The zero-order valence-corrected chi connectivity index (χ0v) is 18.1. The Morgan fingerprint density at radius 1 is 1.03 bits per heavy atom. The van der Waals surface area contributed by atoms with E-state index in [0.717, 1.165) is 42.6 Å². The Balaban J connectivity index is 1.46. The number of carbonyl (C=O) groups excluding carboxylic acids is 3. The van der Waals surface area contributed by atoms with Crippen LogP contribution in [0.25, 0.3) is 0 Å². The van der Waals surface area contributed by atoms with Crippen LogP contribution < -0.4 is 15.1 Å². The highest BCUT2D eigenvalue weighted by Crippen LogP contribution is 2.29. The van der Waals surface area contributed by atoms with Crippen LogP contribution in [0, 0.1) is 0 Å². The maximum atomic E-state index is 12.2. The summed E-state index contributed by atoms with van der Waals surface area (Å²) in [7, 11) is 0. The van der Waals surface area contributed by atoms with Crippen LogP contribution in [0.15, 0.2) is 35.4 Å². The van der Waals surface area contributed by atoms with Crippen molar-refractivity contribution in [3.63, 3.8) is 0 Å². The Bertz CT molecular complexity index is 832. The van der Waals surface area contributed by atoms with Crippen molar-refractivity contribution in [3.05, 3.63) is 35.4 Å². The molecule has 0 bridgehead atoms. The van der Waals surface area contributed by atoms with E-state index in [4.69, 9.17) is 4.74 Å². The molecule has 0 saturated carbocycles. The topological polar surface area (TPSA) is 82.2 Å².